The first-order valence-electron chi connectivity index (χ1n) is 8.07. The van der Waals surface area contributed by atoms with Crippen molar-refractivity contribution in [1.29, 1.82) is 0 Å². The molecule has 2 rings (SSSR count). The average molecular weight is 339 g/mol. The Morgan fingerprint density at radius 1 is 1.52 bits per heavy atom. The van der Waals surface area contributed by atoms with Crippen LogP contribution in [0.5, 0.6) is 0 Å². The monoisotopic (exact) mass is 338 g/mol. The van der Waals surface area contributed by atoms with Gasteiger partial charge in [0.2, 0.25) is 0 Å². The fourth-order valence-corrected chi connectivity index (χ4v) is 2.91. The van der Waals surface area contributed by atoms with Crippen LogP contribution in [0, 0.1) is 0 Å². The maximum Gasteiger partial charge on any atom is 0.191 e. The van der Waals surface area contributed by atoms with Crippen LogP contribution in [0.3, 0.4) is 0 Å². The number of pyridine rings is 1. The fourth-order valence-electron chi connectivity index (χ4n) is 2.67. The van der Waals surface area contributed by atoms with Crippen molar-refractivity contribution in [2.75, 3.05) is 52.2 Å². The van der Waals surface area contributed by atoms with Gasteiger partial charge in [-0.1, -0.05) is 11.6 Å². The molecule has 23 heavy (non-hydrogen) atoms. The van der Waals surface area contributed by atoms with Gasteiger partial charge in [0, 0.05) is 38.9 Å². The van der Waals surface area contributed by atoms with Crippen LogP contribution in [-0.2, 0) is 0 Å². The Morgan fingerprint density at radius 3 is 3.04 bits per heavy atom. The highest BCUT2D eigenvalue weighted by molar-refractivity contribution is 6.32. The highest BCUT2D eigenvalue weighted by Gasteiger charge is 2.25. The summed E-state index contributed by atoms with van der Waals surface area (Å²) in [7, 11) is 5.98. The Balaban J connectivity index is 1.79. The number of guanidine groups is 1. The molecule has 7 heteroatoms. The Hall–Kier alpha value is -1.53. The smallest absolute Gasteiger partial charge is 0.191 e. The minimum absolute atomic E-state index is 0.355. The van der Waals surface area contributed by atoms with E-state index in [9.17, 15) is 0 Å². The number of nitrogens with one attached hydrogen (secondary N) is 2. The van der Waals surface area contributed by atoms with Gasteiger partial charge in [0.25, 0.3) is 0 Å². The average Bonchev–Trinajstić information content (AvgIpc) is 2.98. The summed E-state index contributed by atoms with van der Waals surface area (Å²) in [6, 6.07) is 4.10. The molecule has 1 aliphatic rings. The predicted octanol–water partition coefficient (Wildman–Crippen LogP) is 1.43. The lowest BCUT2D eigenvalue weighted by Gasteiger charge is -2.20. The zero-order chi connectivity index (χ0) is 16.7. The number of hydrogen-bond acceptors (Lipinski definition) is 4. The SMILES string of the molecule is CN=C(NCCCN(C)C)NC1CCN(c2ncccc2Cl)C1. The molecule has 1 aromatic rings. The molecule has 2 heterocycles. The second kappa shape index (κ2) is 8.93. The van der Waals surface area contributed by atoms with E-state index in [1.807, 2.05) is 19.2 Å². The van der Waals surface area contributed by atoms with Crippen LogP contribution in [0.25, 0.3) is 0 Å². The largest absolute Gasteiger partial charge is 0.356 e. The van der Waals surface area contributed by atoms with Crippen LogP contribution < -0.4 is 15.5 Å². The molecule has 0 amide bonds. The van der Waals surface area contributed by atoms with Gasteiger partial charge in [0.15, 0.2) is 5.96 Å². The second-order valence-electron chi connectivity index (χ2n) is 6.04. The van der Waals surface area contributed by atoms with Gasteiger partial charge in [-0.25, -0.2) is 4.98 Å². The summed E-state index contributed by atoms with van der Waals surface area (Å²) in [6.45, 7) is 3.82. The molecule has 1 unspecified atom stereocenters. The molecule has 0 aromatic carbocycles. The van der Waals surface area contributed by atoms with E-state index in [-0.39, 0.29) is 0 Å². The number of rotatable bonds is 6. The maximum atomic E-state index is 6.23. The summed E-state index contributed by atoms with van der Waals surface area (Å²) in [5.74, 6) is 1.73. The van der Waals surface area contributed by atoms with Crippen LogP contribution in [0.4, 0.5) is 5.82 Å². The molecule has 6 nitrogen and oxygen atoms in total. The van der Waals surface area contributed by atoms with Gasteiger partial charge in [-0.05, 0) is 45.6 Å². The fraction of sp³-hybridized carbons (Fsp3) is 0.625. The lowest BCUT2D eigenvalue weighted by atomic mass is 10.3. The van der Waals surface area contributed by atoms with E-state index in [4.69, 9.17) is 11.6 Å². The first-order chi connectivity index (χ1) is 11.1. The first-order valence-corrected chi connectivity index (χ1v) is 8.45. The molecule has 0 saturated carbocycles. The van der Waals surface area contributed by atoms with Crippen LogP contribution in [0.2, 0.25) is 5.02 Å². The summed E-state index contributed by atoms with van der Waals surface area (Å²) < 4.78 is 0. The third kappa shape index (κ3) is 5.55. The Kier molecular flexibility index (Phi) is 6.92. The van der Waals surface area contributed by atoms with E-state index in [2.05, 4.69) is 44.5 Å². The van der Waals surface area contributed by atoms with Crippen LogP contribution in [0.1, 0.15) is 12.8 Å². The quantitative estimate of drug-likeness (QED) is 0.467. The molecule has 0 bridgehead atoms. The predicted molar refractivity (Wildman–Crippen MR) is 97.5 cm³/mol. The third-order valence-corrected chi connectivity index (χ3v) is 4.16. The number of aromatic nitrogens is 1. The number of aliphatic imine (C=N–C) groups is 1. The zero-order valence-electron chi connectivity index (χ0n) is 14.2. The molecule has 1 aliphatic heterocycles. The maximum absolute atomic E-state index is 6.23. The standard InChI is InChI=1S/C16H27ClN6/c1-18-16(20-9-5-10-22(2)3)21-13-7-11-23(12-13)15-14(17)6-4-8-19-15/h4,6,8,13H,5,7,9-12H2,1-3H3,(H2,18,20,21). The summed E-state index contributed by atoms with van der Waals surface area (Å²) in [5, 5.41) is 7.56. The lowest BCUT2D eigenvalue weighted by molar-refractivity contribution is 0.399. The third-order valence-electron chi connectivity index (χ3n) is 3.87. The zero-order valence-corrected chi connectivity index (χ0v) is 15.0. The normalized spacial score (nSPS) is 18.6. The number of anilines is 1. The van der Waals surface area contributed by atoms with Crippen molar-refractivity contribution in [2.24, 2.45) is 4.99 Å². The van der Waals surface area contributed by atoms with Crippen LogP contribution in [-0.4, -0.2) is 69.2 Å². The Morgan fingerprint density at radius 2 is 2.35 bits per heavy atom. The van der Waals surface area contributed by atoms with Crippen molar-refractivity contribution in [3.63, 3.8) is 0 Å². The molecule has 0 spiro atoms. The molecule has 0 radical (unpaired) electrons. The second-order valence-corrected chi connectivity index (χ2v) is 6.45. The van der Waals surface area contributed by atoms with E-state index in [0.717, 1.165) is 50.8 Å². The molecule has 1 saturated heterocycles. The summed E-state index contributed by atoms with van der Waals surface area (Å²) in [4.78, 5) is 13.1. The van der Waals surface area contributed by atoms with Gasteiger partial charge in [-0.2, -0.15) is 0 Å². The van der Waals surface area contributed by atoms with E-state index >= 15 is 0 Å². The summed E-state index contributed by atoms with van der Waals surface area (Å²) in [5.41, 5.74) is 0. The highest BCUT2D eigenvalue weighted by atomic mass is 35.5. The van der Waals surface area contributed by atoms with Crippen LogP contribution >= 0.6 is 11.6 Å². The molecule has 1 aromatic heterocycles. The molecular formula is C16H27ClN6. The van der Waals surface area contributed by atoms with Crippen molar-refractivity contribution < 1.29 is 0 Å². The van der Waals surface area contributed by atoms with Gasteiger partial charge in [0.05, 0.1) is 5.02 Å². The molecule has 0 aliphatic carbocycles. The first kappa shape index (κ1) is 17.8. The van der Waals surface area contributed by atoms with Gasteiger partial charge in [0.1, 0.15) is 5.82 Å². The molecule has 1 atom stereocenters. The van der Waals surface area contributed by atoms with Crippen molar-refractivity contribution in [1.82, 2.24) is 20.5 Å². The van der Waals surface area contributed by atoms with E-state index in [0.29, 0.717) is 11.1 Å². The Bertz CT molecular complexity index is 519. The minimum atomic E-state index is 0.355. The van der Waals surface area contributed by atoms with Crippen molar-refractivity contribution >= 4 is 23.4 Å². The molecule has 1 fully saturated rings. The van der Waals surface area contributed by atoms with Gasteiger partial charge in [-0.3, -0.25) is 4.99 Å². The number of hydrogen-bond donors (Lipinski definition) is 2. The number of halogens is 1. The summed E-state index contributed by atoms with van der Waals surface area (Å²) >= 11 is 6.23. The highest BCUT2D eigenvalue weighted by Crippen LogP contribution is 2.25. The lowest BCUT2D eigenvalue weighted by Crippen LogP contribution is -2.45. The van der Waals surface area contributed by atoms with E-state index < -0.39 is 0 Å². The molecular weight excluding hydrogens is 312 g/mol. The minimum Gasteiger partial charge on any atom is -0.356 e. The molecule has 2 N–H and O–H groups in total. The van der Waals surface area contributed by atoms with E-state index in [1.54, 1.807) is 6.20 Å². The van der Waals surface area contributed by atoms with Crippen LogP contribution in [0.15, 0.2) is 23.3 Å². The topological polar surface area (TPSA) is 55.8 Å². The number of nitrogens with zero attached hydrogens (tertiary/aromatic N) is 4. The van der Waals surface area contributed by atoms with E-state index in [1.165, 1.54) is 0 Å². The van der Waals surface area contributed by atoms with Crippen molar-refractivity contribution in [3.8, 4) is 0 Å². The van der Waals surface area contributed by atoms with Gasteiger partial charge in [-0.15, -0.1) is 0 Å². The van der Waals surface area contributed by atoms with Gasteiger partial charge >= 0.3 is 0 Å². The van der Waals surface area contributed by atoms with Gasteiger partial charge < -0.3 is 20.4 Å². The summed E-state index contributed by atoms with van der Waals surface area (Å²) in [6.07, 6.45) is 3.92. The Labute approximate surface area is 143 Å². The van der Waals surface area contributed by atoms with Crippen molar-refractivity contribution in [2.45, 2.75) is 18.9 Å². The molecule has 128 valence electrons. The van der Waals surface area contributed by atoms with Crippen molar-refractivity contribution in [3.05, 3.63) is 23.4 Å².